The number of hydrogen-bond acceptors (Lipinski definition) is 3. The summed E-state index contributed by atoms with van der Waals surface area (Å²) in [5.41, 5.74) is 2.18. The van der Waals surface area contributed by atoms with Gasteiger partial charge in [-0.2, -0.15) is 0 Å². The van der Waals surface area contributed by atoms with Gasteiger partial charge < -0.3 is 10.2 Å². The summed E-state index contributed by atoms with van der Waals surface area (Å²) < 4.78 is 0. The van der Waals surface area contributed by atoms with Crippen LogP contribution < -0.4 is 5.32 Å². The van der Waals surface area contributed by atoms with E-state index in [2.05, 4.69) is 5.32 Å². The van der Waals surface area contributed by atoms with E-state index >= 15 is 0 Å². The summed E-state index contributed by atoms with van der Waals surface area (Å²) >= 11 is 7.74. The molecule has 0 aliphatic carbocycles. The number of rotatable bonds is 3. The molecular weight excluding hydrogens is 344 g/mol. The Labute approximate surface area is 150 Å². The third-order valence-electron chi connectivity index (χ3n) is 3.85. The summed E-state index contributed by atoms with van der Waals surface area (Å²) in [7, 11) is 0. The molecule has 1 unspecified atom stereocenters. The van der Waals surface area contributed by atoms with E-state index in [9.17, 15) is 9.59 Å². The molecule has 0 saturated carbocycles. The summed E-state index contributed by atoms with van der Waals surface area (Å²) in [6.07, 6.45) is 0. The van der Waals surface area contributed by atoms with Crippen LogP contribution >= 0.6 is 23.4 Å². The first kappa shape index (κ1) is 16.9. The average Bonchev–Trinajstić information content (AvgIpc) is 3.07. The van der Waals surface area contributed by atoms with Gasteiger partial charge in [-0.1, -0.05) is 35.9 Å². The molecule has 0 radical (unpaired) electrons. The minimum absolute atomic E-state index is 0.129. The molecule has 4 nitrogen and oxygen atoms in total. The second-order valence-electron chi connectivity index (χ2n) is 5.63. The average molecular weight is 361 g/mol. The number of halogens is 1. The molecule has 0 aromatic heterocycles. The molecule has 1 saturated heterocycles. The third-order valence-corrected chi connectivity index (χ3v) is 5.17. The Morgan fingerprint density at radius 3 is 2.67 bits per heavy atom. The predicted octanol–water partition coefficient (Wildman–Crippen LogP) is 3.80. The van der Waals surface area contributed by atoms with E-state index in [-0.39, 0.29) is 11.8 Å². The molecule has 1 fully saturated rings. The van der Waals surface area contributed by atoms with Gasteiger partial charge in [-0.05, 0) is 36.8 Å². The normalized spacial score (nSPS) is 16.9. The molecule has 1 aliphatic rings. The van der Waals surface area contributed by atoms with Gasteiger partial charge >= 0.3 is 0 Å². The van der Waals surface area contributed by atoms with Crippen molar-refractivity contribution in [2.75, 3.05) is 16.9 Å². The zero-order valence-electron chi connectivity index (χ0n) is 13.2. The van der Waals surface area contributed by atoms with Gasteiger partial charge in [0.15, 0.2) is 0 Å². The smallest absolute Gasteiger partial charge is 0.255 e. The van der Waals surface area contributed by atoms with Crippen molar-refractivity contribution in [3.05, 3.63) is 64.7 Å². The Kier molecular flexibility index (Phi) is 5.11. The van der Waals surface area contributed by atoms with Crippen LogP contribution in [0.15, 0.2) is 48.5 Å². The monoisotopic (exact) mass is 360 g/mol. The first-order chi connectivity index (χ1) is 11.6. The lowest BCUT2D eigenvalue weighted by Gasteiger charge is -2.23. The van der Waals surface area contributed by atoms with E-state index in [0.29, 0.717) is 27.9 Å². The Morgan fingerprint density at radius 2 is 1.96 bits per heavy atom. The number of hydrogen-bond donors (Lipinski definition) is 1. The Bertz CT molecular complexity index is 767. The van der Waals surface area contributed by atoms with Crippen molar-refractivity contribution in [1.29, 1.82) is 0 Å². The van der Waals surface area contributed by atoms with Crippen LogP contribution in [0.2, 0.25) is 5.02 Å². The predicted molar refractivity (Wildman–Crippen MR) is 98.5 cm³/mol. The highest BCUT2D eigenvalue weighted by Gasteiger charge is 2.35. The molecule has 1 aliphatic heterocycles. The number of carbonyl (C=O) groups excluding carboxylic acids is 2. The maximum absolute atomic E-state index is 12.6. The highest BCUT2D eigenvalue weighted by Crippen LogP contribution is 2.27. The van der Waals surface area contributed by atoms with Gasteiger partial charge in [0.25, 0.3) is 5.91 Å². The summed E-state index contributed by atoms with van der Waals surface area (Å²) in [6, 6.07) is 14.0. The van der Waals surface area contributed by atoms with Gasteiger partial charge in [-0.15, -0.1) is 11.8 Å². The first-order valence-electron chi connectivity index (χ1n) is 7.57. The maximum Gasteiger partial charge on any atom is 0.255 e. The number of nitrogens with one attached hydrogen (secondary N) is 1. The summed E-state index contributed by atoms with van der Waals surface area (Å²) in [5, 5.41) is 3.33. The van der Waals surface area contributed by atoms with E-state index in [1.165, 1.54) is 0 Å². The van der Waals surface area contributed by atoms with Gasteiger partial charge in [0.2, 0.25) is 5.91 Å². The minimum Gasteiger partial charge on any atom is -0.323 e. The number of carbonyl (C=O) groups is 2. The number of nitrogens with zero attached hydrogens (tertiary/aromatic N) is 1. The van der Waals surface area contributed by atoms with Gasteiger partial charge in [-0.25, -0.2) is 0 Å². The number of anilines is 1. The highest BCUT2D eigenvalue weighted by molar-refractivity contribution is 7.99. The fourth-order valence-corrected chi connectivity index (χ4v) is 3.98. The number of benzene rings is 2. The SMILES string of the molecule is Cc1ccc(NC(=O)C2CSCN2C(=O)c2ccccc2)c(Cl)c1. The molecule has 1 N–H and O–H groups in total. The van der Waals surface area contributed by atoms with Gasteiger partial charge in [-0.3, -0.25) is 9.59 Å². The molecule has 0 bridgehead atoms. The van der Waals surface area contributed by atoms with E-state index in [1.54, 1.807) is 40.9 Å². The summed E-state index contributed by atoms with van der Waals surface area (Å²) in [6.45, 7) is 1.94. The lowest BCUT2D eigenvalue weighted by molar-refractivity contribution is -0.119. The molecule has 1 heterocycles. The molecule has 1 atom stereocenters. The van der Waals surface area contributed by atoms with Crippen molar-refractivity contribution in [3.8, 4) is 0 Å². The minimum atomic E-state index is -0.500. The van der Waals surface area contributed by atoms with Crippen LogP contribution in [0.25, 0.3) is 0 Å². The van der Waals surface area contributed by atoms with Gasteiger partial charge in [0.1, 0.15) is 6.04 Å². The molecule has 3 rings (SSSR count). The van der Waals surface area contributed by atoms with Crippen LogP contribution in [0.5, 0.6) is 0 Å². The molecule has 0 spiro atoms. The first-order valence-corrected chi connectivity index (χ1v) is 9.10. The fraction of sp³-hybridized carbons (Fsp3) is 0.222. The van der Waals surface area contributed by atoms with E-state index in [0.717, 1.165) is 5.56 Å². The van der Waals surface area contributed by atoms with Crippen LogP contribution in [0.1, 0.15) is 15.9 Å². The van der Waals surface area contributed by atoms with E-state index < -0.39 is 6.04 Å². The number of amides is 2. The largest absolute Gasteiger partial charge is 0.323 e. The molecule has 24 heavy (non-hydrogen) atoms. The van der Waals surface area contributed by atoms with Gasteiger partial charge in [0, 0.05) is 11.3 Å². The summed E-state index contributed by atoms with van der Waals surface area (Å²) in [5.74, 6) is 0.743. The van der Waals surface area contributed by atoms with Gasteiger partial charge in [0.05, 0.1) is 16.6 Å². The summed E-state index contributed by atoms with van der Waals surface area (Å²) in [4.78, 5) is 26.9. The Morgan fingerprint density at radius 1 is 1.21 bits per heavy atom. The molecular formula is C18H17ClN2O2S. The standard InChI is InChI=1S/C18H17ClN2O2S/c1-12-7-8-15(14(19)9-12)20-17(22)16-10-24-11-21(16)18(23)13-5-3-2-4-6-13/h2-9,16H,10-11H2,1H3,(H,20,22). The van der Waals surface area contributed by atoms with Crippen molar-refractivity contribution < 1.29 is 9.59 Å². The van der Waals surface area contributed by atoms with Crippen LogP contribution in [0, 0.1) is 6.92 Å². The van der Waals surface area contributed by atoms with Crippen molar-refractivity contribution in [1.82, 2.24) is 4.90 Å². The van der Waals surface area contributed by atoms with Crippen LogP contribution in [-0.4, -0.2) is 34.4 Å². The van der Waals surface area contributed by atoms with Crippen LogP contribution in [0.3, 0.4) is 0 Å². The lowest BCUT2D eigenvalue weighted by atomic mass is 10.1. The molecule has 2 aromatic carbocycles. The van der Waals surface area contributed by atoms with E-state index in [1.807, 2.05) is 31.2 Å². The van der Waals surface area contributed by atoms with E-state index in [4.69, 9.17) is 11.6 Å². The van der Waals surface area contributed by atoms with Crippen LogP contribution in [0.4, 0.5) is 5.69 Å². The number of thioether (sulfide) groups is 1. The maximum atomic E-state index is 12.6. The second kappa shape index (κ2) is 7.28. The molecule has 6 heteroatoms. The highest BCUT2D eigenvalue weighted by atomic mass is 35.5. The third kappa shape index (κ3) is 3.57. The fourth-order valence-electron chi connectivity index (χ4n) is 2.54. The quantitative estimate of drug-likeness (QED) is 0.905. The van der Waals surface area contributed by atoms with Crippen molar-refractivity contribution in [3.63, 3.8) is 0 Å². The Balaban J connectivity index is 1.75. The zero-order chi connectivity index (χ0) is 17.1. The number of aryl methyl sites for hydroxylation is 1. The molecule has 2 aromatic rings. The van der Waals surface area contributed by atoms with Crippen LogP contribution in [-0.2, 0) is 4.79 Å². The second-order valence-corrected chi connectivity index (χ2v) is 7.04. The topological polar surface area (TPSA) is 49.4 Å². The molecule has 2 amide bonds. The lowest BCUT2D eigenvalue weighted by Crippen LogP contribution is -2.44. The molecule has 124 valence electrons. The van der Waals surface area contributed by atoms with Crippen molar-refractivity contribution in [2.24, 2.45) is 0 Å². The van der Waals surface area contributed by atoms with Crippen molar-refractivity contribution >= 4 is 40.9 Å². The zero-order valence-corrected chi connectivity index (χ0v) is 14.7. The Hall–Kier alpha value is -1.98. The van der Waals surface area contributed by atoms with Crippen molar-refractivity contribution in [2.45, 2.75) is 13.0 Å².